The summed E-state index contributed by atoms with van der Waals surface area (Å²) < 4.78 is 5.79. The number of hydrogen-bond donors (Lipinski definition) is 1. The lowest BCUT2D eigenvalue weighted by Crippen LogP contribution is -2.53. The highest BCUT2D eigenvalue weighted by Gasteiger charge is 2.37. The van der Waals surface area contributed by atoms with Gasteiger partial charge in [-0.3, -0.25) is 4.90 Å². The van der Waals surface area contributed by atoms with Crippen molar-refractivity contribution in [1.82, 2.24) is 10.2 Å². The van der Waals surface area contributed by atoms with Crippen LogP contribution in [0, 0.1) is 5.92 Å². The molecule has 0 aromatic heterocycles. The van der Waals surface area contributed by atoms with E-state index in [2.05, 4.69) is 34.5 Å². The maximum Gasteiger partial charge on any atom is 0.124 e. The van der Waals surface area contributed by atoms with Gasteiger partial charge in [0.15, 0.2) is 0 Å². The van der Waals surface area contributed by atoms with E-state index in [0.717, 1.165) is 37.3 Å². The molecule has 0 bridgehead atoms. The second kappa shape index (κ2) is 4.80. The lowest BCUT2D eigenvalue weighted by molar-refractivity contribution is 0.101. The van der Waals surface area contributed by atoms with Crippen LogP contribution < -0.4 is 10.1 Å². The molecule has 1 aliphatic carbocycles. The Balaban J connectivity index is 1.55. The monoisotopic (exact) mass is 258 g/mol. The third-order valence-electron chi connectivity index (χ3n) is 4.80. The first-order valence-electron chi connectivity index (χ1n) is 7.61. The van der Waals surface area contributed by atoms with E-state index in [1.165, 1.54) is 31.5 Å². The number of nitrogens with zero attached hydrogens (tertiary/aromatic N) is 1. The average molecular weight is 258 g/mol. The topological polar surface area (TPSA) is 24.5 Å². The summed E-state index contributed by atoms with van der Waals surface area (Å²) in [5, 5.41) is 3.70. The van der Waals surface area contributed by atoms with Gasteiger partial charge in [0.25, 0.3) is 0 Å². The Labute approximate surface area is 114 Å². The molecule has 3 nitrogen and oxygen atoms in total. The summed E-state index contributed by atoms with van der Waals surface area (Å²) in [6.45, 7) is 4.38. The molecule has 1 aromatic rings. The number of benzene rings is 1. The fourth-order valence-electron chi connectivity index (χ4n) is 3.60. The first-order valence-corrected chi connectivity index (χ1v) is 7.61. The van der Waals surface area contributed by atoms with Gasteiger partial charge < -0.3 is 10.1 Å². The molecule has 0 amide bonds. The maximum atomic E-state index is 5.79. The van der Waals surface area contributed by atoms with Crippen molar-refractivity contribution in [2.24, 2.45) is 5.92 Å². The van der Waals surface area contributed by atoms with E-state index in [4.69, 9.17) is 4.74 Å². The van der Waals surface area contributed by atoms with Gasteiger partial charge in [0.2, 0.25) is 0 Å². The van der Waals surface area contributed by atoms with Crippen molar-refractivity contribution < 1.29 is 4.74 Å². The number of ether oxygens (including phenoxy) is 1. The molecule has 2 heterocycles. The molecule has 4 rings (SSSR count). The fourth-order valence-corrected chi connectivity index (χ4v) is 3.60. The van der Waals surface area contributed by atoms with Crippen LogP contribution >= 0.6 is 0 Å². The molecule has 1 saturated carbocycles. The number of nitrogens with one attached hydrogen (secondary N) is 1. The van der Waals surface area contributed by atoms with Crippen molar-refractivity contribution in [3.8, 4) is 5.75 Å². The Morgan fingerprint density at radius 3 is 2.95 bits per heavy atom. The molecule has 0 radical (unpaired) electrons. The third kappa shape index (κ3) is 2.26. The zero-order valence-electron chi connectivity index (χ0n) is 11.3. The number of piperazine rings is 1. The predicted octanol–water partition coefficient (Wildman–Crippen LogP) is 2.19. The average Bonchev–Trinajstić information content (AvgIpc) is 3.31. The minimum Gasteiger partial charge on any atom is -0.493 e. The predicted molar refractivity (Wildman–Crippen MR) is 75.4 cm³/mol. The molecular weight excluding hydrogens is 236 g/mol. The highest BCUT2D eigenvalue weighted by molar-refractivity contribution is 5.37. The van der Waals surface area contributed by atoms with Gasteiger partial charge in [0.1, 0.15) is 5.75 Å². The van der Waals surface area contributed by atoms with Crippen LogP contribution in [0.2, 0.25) is 0 Å². The number of rotatable bonds is 2. The van der Waals surface area contributed by atoms with Crippen molar-refractivity contribution in [2.45, 2.75) is 31.3 Å². The van der Waals surface area contributed by atoms with Crippen molar-refractivity contribution in [3.63, 3.8) is 0 Å². The summed E-state index contributed by atoms with van der Waals surface area (Å²) in [4.78, 5) is 2.68. The molecule has 1 saturated heterocycles. The van der Waals surface area contributed by atoms with Crippen LogP contribution in [-0.2, 0) is 0 Å². The van der Waals surface area contributed by atoms with Crippen LogP contribution in [0.15, 0.2) is 24.3 Å². The maximum absolute atomic E-state index is 5.79. The molecule has 1 aromatic carbocycles. The van der Waals surface area contributed by atoms with Gasteiger partial charge in [-0.15, -0.1) is 0 Å². The molecular formula is C16H22N2O. The van der Waals surface area contributed by atoms with Gasteiger partial charge in [-0.1, -0.05) is 18.2 Å². The van der Waals surface area contributed by atoms with Gasteiger partial charge in [-0.05, 0) is 24.8 Å². The quantitative estimate of drug-likeness (QED) is 0.880. The molecule has 2 aliphatic heterocycles. The molecule has 102 valence electrons. The SMILES string of the molecule is c1ccc2c(c1)OCCC2N1CCNC(C2CC2)C1. The van der Waals surface area contributed by atoms with Gasteiger partial charge in [0.05, 0.1) is 6.61 Å². The van der Waals surface area contributed by atoms with E-state index in [0.29, 0.717) is 6.04 Å². The third-order valence-corrected chi connectivity index (χ3v) is 4.80. The minimum absolute atomic E-state index is 0.563. The van der Waals surface area contributed by atoms with Crippen LogP contribution in [-0.4, -0.2) is 37.2 Å². The number of fused-ring (bicyclic) bond motifs is 1. The van der Waals surface area contributed by atoms with E-state index < -0.39 is 0 Å². The highest BCUT2D eigenvalue weighted by Crippen LogP contribution is 2.39. The summed E-state index contributed by atoms with van der Waals surface area (Å²) in [7, 11) is 0. The van der Waals surface area contributed by atoms with Crippen molar-refractivity contribution in [3.05, 3.63) is 29.8 Å². The second-order valence-electron chi connectivity index (χ2n) is 6.08. The summed E-state index contributed by atoms with van der Waals surface area (Å²) in [6.07, 6.45) is 3.99. The van der Waals surface area contributed by atoms with Crippen molar-refractivity contribution in [2.75, 3.05) is 26.2 Å². The van der Waals surface area contributed by atoms with Crippen LogP contribution in [0.3, 0.4) is 0 Å². The van der Waals surface area contributed by atoms with Crippen LogP contribution in [0.25, 0.3) is 0 Å². The molecule has 3 aliphatic rings. The van der Waals surface area contributed by atoms with Crippen molar-refractivity contribution in [1.29, 1.82) is 0 Å². The summed E-state index contributed by atoms with van der Waals surface area (Å²) in [5.74, 6) is 2.04. The highest BCUT2D eigenvalue weighted by atomic mass is 16.5. The Bertz CT molecular complexity index is 458. The lowest BCUT2D eigenvalue weighted by atomic mass is 9.97. The molecule has 3 heteroatoms. The normalized spacial score (nSPS) is 31.6. The number of para-hydroxylation sites is 1. The van der Waals surface area contributed by atoms with Crippen LogP contribution in [0.5, 0.6) is 5.75 Å². The largest absolute Gasteiger partial charge is 0.493 e. The Kier molecular flexibility index (Phi) is 2.97. The molecule has 2 unspecified atom stereocenters. The molecule has 2 atom stereocenters. The zero-order valence-corrected chi connectivity index (χ0v) is 11.3. The van der Waals surface area contributed by atoms with E-state index in [1.54, 1.807) is 0 Å². The first-order chi connectivity index (χ1) is 9.42. The van der Waals surface area contributed by atoms with E-state index in [1.807, 2.05) is 0 Å². The number of hydrogen-bond acceptors (Lipinski definition) is 3. The van der Waals surface area contributed by atoms with Gasteiger partial charge in [0, 0.05) is 43.7 Å². The van der Waals surface area contributed by atoms with E-state index >= 15 is 0 Å². The standard InChI is InChI=1S/C16H22N2O/c1-2-4-16-13(3-1)15(7-10-19-16)18-9-8-17-14(11-18)12-5-6-12/h1-4,12,14-15,17H,5-11H2. The van der Waals surface area contributed by atoms with E-state index in [9.17, 15) is 0 Å². The first kappa shape index (κ1) is 11.7. The lowest BCUT2D eigenvalue weighted by Gasteiger charge is -2.41. The molecule has 19 heavy (non-hydrogen) atoms. The van der Waals surface area contributed by atoms with Gasteiger partial charge >= 0.3 is 0 Å². The Hall–Kier alpha value is -1.06. The smallest absolute Gasteiger partial charge is 0.124 e. The molecule has 0 spiro atoms. The van der Waals surface area contributed by atoms with Crippen LogP contribution in [0.4, 0.5) is 0 Å². The summed E-state index contributed by atoms with van der Waals surface area (Å²) in [6, 6.07) is 9.86. The molecule has 1 N–H and O–H groups in total. The summed E-state index contributed by atoms with van der Waals surface area (Å²) >= 11 is 0. The Morgan fingerprint density at radius 1 is 1.16 bits per heavy atom. The van der Waals surface area contributed by atoms with Gasteiger partial charge in [-0.2, -0.15) is 0 Å². The second-order valence-corrected chi connectivity index (χ2v) is 6.08. The minimum atomic E-state index is 0.563. The van der Waals surface area contributed by atoms with Crippen LogP contribution in [0.1, 0.15) is 30.9 Å². The van der Waals surface area contributed by atoms with Crippen molar-refractivity contribution >= 4 is 0 Å². The zero-order chi connectivity index (χ0) is 12.7. The van der Waals surface area contributed by atoms with Gasteiger partial charge in [-0.25, -0.2) is 0 Å². The van der Waals surface area contributed by atoms with E-state index in [-0.39, 0.29) is 0 Å². The Morgan fingerprint density at radius 2 is 2.05 bits per heavy atom. The fraction of sp³-hybridized carbons (Fsp3) is 0.625. The molecule has 2 fully saturated rings. The summed E-state index contributed by atoms with van der Waals surface area (Å²) in [5.41, 5.74) is 1.39.